The molecule has 0 radical (unpaired) electrons. The number of benzene rings is 1. The highest BCUT2D eigenvalue weighted by Crippen LogP contribution is 2.38. The molecule has 1 aliphatic carbocycles. The lowest BCUT2D eigenvalue weighted by atomic mass is 9.69. The number of nitrogens with zero attached hydrogens (tertiary/aromatic N) is 3. The van der Waals surface area contributed by atoms with E-state index in [-0.39, 0.29) is 18.5 Å². The highest BCUT2D eigenvalue weighted by atomic mass is 19.4. The van der Waals surface area contributed by atoms with Crippen LogP contribution < -0.4 is 0 Å². The van der Waals surface area contributed by atoms with Crippen molar-refractivity contribution in [2.24, 2.45) is 11.3 Å². The van der Waals surface area contributed by atoms with Crippen LogP contribution in [0.4, 0.5) is 13.2 Å². The number of carbonyl (C=O) groups is 3. The third-order valence-corrected chi connectivity index (χ3v) is 4.47. The van der Waals surface area contributed by atoms with Gasteiger partial charge in [-0.05, 0) is 23.6 Å². The van der Waals surface area contributed by atoms with Gasteiger partial charge in [0.25, 0.3) is 0 Å². The monoisotopic (exact) mass is 379 g/mol. The Labute approximate surface area is 152 Å². The molecule has 0 aliphatic heterocycles. The second-order valence-corrected chi connectivity index (χ2v) is 7.32. The predicted octanol–water partition coefficient (Wildman–Crippen LogP) is 3.04. The summed E-state index contributed by atoms with van der Waals surface area (Å²) in [4.78, 5) is 41.0. The highest BCUT2D eigenvalue weighted by Gasteiger charge is 2.46. The smallest absolute Gasteiger partial charge is 0.298 e. The van der Waals surface area contributed by atoms with Crippen LogP contribution in [-0.2, 0) is 15.8 Å². The first-order chi connectivity index (χ1) is 12.5. The average Bonchev–Trinajstić information content (AvgIpc) is 3.05. The molecule has 0 amide bonds. The molecule has 0 bridgehead atoms. The van der Waals surface area contributed by atoms with Crippen molar-refractivity contribution in [3.8, 4) is 5.69 Å². The number of hydrogen-bond donors (Lipinski definition) is 0. The molecule has 142 valence electrons. The fourth-order valence-corrected chi connectivity index (χ4v) is 3.30. The molecule has 6 nitrogen and oxygen atoms in total. The topological polar surface area (TPSA) is 81.9 Å². The van der Waals surface area contributed by atoms with Gasteiger partial charge in [-0.2, -0.15) is 18.3 Å². The van der Waals surface area contributed by atoms with Crippen molar-refractivity contribution in [3.63, 3.8) is 0 Å². The molecule has 27 heavy (non-hydrogen) atoms. The maximum absolute atomic E-state index is 13.5. The molecule has 1 fully saturated rings. The third kappa shape index (κ3) is 3.67. The Kier molecular flexibility index (Phi) is 4.49. The van der Waals surface area contributed by atoms with Crippen LogP contribution >= 0.6 is 0 Å². The van der Waals surface area contributed by atoms with E-state index in [9.17, 15) is 27.6 Å². The number of alkyl halides is 3. The maximum Gasteiger partial charge on any atom is 0.417 e. The second-order valence-electron chi connectivity index (χ2n) is 7.32. The maximum atomic E-state index is 13.5. The summed E-state index contributed by atoms with van der Waals surface area (Å²) in [6, 6.07) is 2.99. The lowest BCUT2D eigenvalue weighted by Gasteiger charge is -2.31. The third-order valence-electron chi connectivity index (χ3n) is 4.47. The Morgan fingerprint density at radius 1 is 1.19 bits per heavy atom. The van der Waals surface area contributed by atoms with Crippen LogP contribution in [0.15, 0.2) is 30.9 Å². The molecule has 0 spiro atoms. The van der Waals surface area contributed by atoms with Crippen LogP contribution in [0.5, 0.6) is 0 Å². The van der Waals surface area contributed by atoms with Crippen LogP contribution in [0, 0.1) is 11.3 Å². The number of halogens is 3. The summed E-state index contributed by atoms with van der Waals surface area (Å²) < 4.78 is 41.8. The Balaban J connectivity index is 2.04. The van der Waals surface area contributed by atoms with E-state index in [1.165, 1.54) is 12.4 Å². The first-order valence-electron chi connectivity index (χ1n) is 8.15. The number of hydrogen-bond acceptors (Lipinski definition) is 5. The van der Waals surface area contributed by atoms with Gasteiger partial charge in [-0.25, -0.2) is 9.67 Å². The summed E-state index contributed by atoms with van der Waals surface area (Å²) in [7, 11) is 0. The largest absolute Gasteiger partial charge is 0.417 e. The minimum Gasteiger partial charge on any atom is -0.298 e. The van der Waals surface area contributed by atoms with Gasteiger partial charge in [0, 0.05) is 18.4 Å². The molecule has 0 atom stereocenters. The van der Waals surface area contributed by atoms with Crippen LogP contribution in [-0.4, -0.2) is 32.1 Å². The van der Waals surface area contributed by atoms with Gasteiger partial charge in [0.1, 0.15) is 18.6 Å². The zero-order valence-corrected chi connectivity index (χ0v) is 14.6. The summed E-state index contributed by atoms with van der Waals surface area (Å²) in [5, 5.41) is 3.76. The number of carbonyl (C=O) groups excluding carboxylic acids is 3. The van der Waals surface area contributed by atoms with Crippen molar-refractivity contribution in [1.82, 2.24) is 14.8 Å². The van der Waals surface area contributed by atoms with Gasteiger partial charge < -0.3 is 0 Å². The van der Waals surface area contributed by atoms with E-state index in [4.69, 9.17) is 0 Å². The van der Waals surface area contributed by atoms with E-state index in [1.54, 1.807) is 13.8 Å². The van der Waals surface area contributed by atoms with Crippen molar-refractivity contribution in [3.05, 3.63) is 42.0 Å². The fourth-order valence-electron chi connectivity index (χ4n) is 3.30. The molecule has 1 heterocycles. The fraction of sp³-hybridized carbons (Fsp3) is 0.389. The first kappa shape index (κ1) is 18.9. The molecule has 1 saturated carbocycles. The van der Waals surface area contributed by atoms with E-state index in [1.807, 2.05) is 0 Å². The Morgan fingerprint density at radius 3 is 2.33 bits per heavy atom. The van der Waals surface area contributed by atoms with Gasteiger partial charge in [-0.15, -0.1) is 0 Å². The Bertz CT molecular complexity index is 898. The molecule has 0 N–H and O–H groups in total. The summed E-state index contributed by atoms with van der Waals surface area (Å²) in [6.07, 6.45) is -2.54. The van der Waals surface area contributed by atoms with E-state index >= 15 is 0 Å². The Morgan fingerprint density at radius 2 is 1.81 bits per heavy atom. The van der Waals surface area contributed by atoms with E-state index < -0.39 is 46.0 Å². The van der Waals surface area contributed by atoms with E-state index in [0.717, 1.165) is 23.1 Å². The van der Waals surface area contributed by atoms with Crippen molar-refractivity contribution in [2.75, 3.05) is 0 Å². The molecule has 0 saturated heterocycles. The molecule has 3 rings (SSSR count). The summed E-state index contributed by atoms with van der Waals surface area (Å²) in [6.45, 7) is 3.41. The molecule has 2 aromatic rings. The molecule has 0 unspecified atom stereocenters. The summed E-state index contributed by atoms with van der Waals surface area (Å²) in [5.74, 6) is -4.08. The molecular weight excluding hydrogens is 363 g/mol. The number of ketones is 3. The van der Waals surface area contributed by atoms with Gasteiger partial charge in [0.2, 0.25) is 0 Å². The number of aromatic nitrogens is 3. The summed E-state index contributed by atoms with van der Waals surface area (Å²) in [5.41, 5.74) is -2.46. The minimum absolute atomic E-state index is 0.0342. The summed E-state index contributed by atoms with van der Waals surface area (Å²) >= 11 is 0. The minimum atomic E-state index is -4.85. The van der Waals surface area contributed by atoms with Crippen molar-refractivity contribution in [1.29, 1.82) is 0 Å². The first-order valence-corrected chi connectivity index (χ1v) is 8.15. The van der Waals surface area contributed by atoms with Gasteiger partial charge in [-0.3, -0.25) is 14.4 Å². The molecule has 1 aromatic carbocycles. The van der Waals surface area contributed by atoms with Gasteiger partial charge in [0.05, 0.1) is 11.3 Å². The standard InChI is InChI=1S/C18H16F3N3O3/c1-17(2)6-13(25)15(14(26)7-17)16(27)11-4-3-10(24-9-22-8-23-24)5-12(11)18(19,20)21/h3-5,8-9,15H,6-7H2,1-2H3. The van der Waals surface area contributed by atoms with Crippen LogP contribution in [0.3, 0.4) is 0 Å². The normalized spacial score (nSPS) is 18.0. The molecule has 9 heteroatoms. The van der Waals surface area contributed by atoms with Gasteiger partial charge in [-0.1, -0.05) is 13.8 Å². The number of rotatable bonds is 3. The SMILES string of the molecule is CC1(C)CC(=O)C(C(=O)c2ccc(-n3cncn3)cc2C(F)(F)F)C(=O)C1. The lowest BCUT2D eigenvalue weighted by molar-refractivity contribution is -0.140. The van der Waals surface area contributed by atoms with Crippen molar-refractivity contribution in [2.45, 2.75) is 32.9 Å². The number of Topliss-reactive ketones (excluding diaryl/α,β-unsaturated/α-hetero) is 3. The van der Waals surface area contributed by atoms with E-state index in [2.05, 4.69) is 10.1 Å². The second kappa shape index (κ2) is 6.40. The van der Waals surface area contributed by atoms with Crippen LogP contribution in [0.1, 0.15) is 42.6 Å². The van der Waals surface area contributed by atoms with Gasteiger partial charge in [0.15, 0.2) is 17.3 Å². The zero-order valence-electron chi connectivity index (χ0n) is 14.6. The molecular formula is C18H16F3N3O3. The van der Waals surface area contributed by atoms with Crippen molar-refractivity contribution >= 4 is 17.3 Å². The lowest BCUT2D eigenvalue weighted by Crippen LogP contribution is -2.42. The quantitative estimate of drug-likeness (QED) is 0.605. The van der Waals surface area contributed by atoms with Crippen LogP contribution in [0.25, 0.3) is 5.69 Å². The van der Waals surface area contributed by atoms with E-state index in [0.29, 0.717) is 0 Å². The van der Waals surface area contributed by atoms with Crippen molar-refractivity contribution < 1.29 is 27.6 Å². The highest BCUT2D eigenvalue weighted by molar-refractivity contribution is 6.25. The van der Waals surface area contributed by atoms with Gasteiger partial charge >= 0.3 is 6.18 Å². The predicted molar refractivity (Wildman–Crippen MR) is 87.2 cm³/mol. The molecule has 1 aromatic heterocycles. The zero-order chi connectivity index (χ0) is 20.0. The molecule has 1 aliphatic rings. The van der Waals surface area contributed by atoms with Crippen LogP contribution in [0.2, 0.25) is 0 Å². The Hall–Kier alpha value is -2.84. The average molecular weight is 379 g/mol.